The Balaban J connectivity index is 2.70. The minimum absolute atomic E-state index is 0.307. The van der Waals surface area contributed by atoms with Crippen LogP contribution in [0, 0.1) is 10.1 Å². The Morgan fingerprint density at radius 3 is 3.00 bits per heavy atom. The first kappa shape index (κ1) is 8.57. The molecule has 1 rings (SSSR count). The number of nitro groups is 1. The Bertz CT molecular complexity index is 271. The third kappa shape index (κ3) is 1.74. The third-order valence-corrected chi connectivity index (χ3v) is 1.42. The maximum atomic E-state index is 10.3. The topological polar surface area (TPSA) is 86.7 Å². The van der Waals surface area contributed by atoms with Crippen molar-refractivity contribution in [2.75, 3.05) is 0 Å². The highest BCUT2D eigenvalue weighted by Crippen LogP contribution is 1.98. The van der Waals surface area contributed by atoms with Gasteiger partial charge in [-0.15, -0.1) is 0 Å². The highest BCUT2D eigenvalue weighted by molar-refractivity contribution is 4.77. The summed E-state index contributed by atoms with van der Waals surface area (Å²) in [5, 5.41) is 19.6. The molecule has 0 aliphatic heterocycles. The summed E-state index contributed by atoms with van der Waals surface area (Å²) >= 11 is 0. The van der Waals surface area contributed by atoms with Crippen LogP contribution in [0.25, 0.3) is 0 Å². The number of hydrogen-bond donors (Lipinski definition) is 0. The molecule has 0 saturated carbocycles. The molecule has 0 aromatic carbocycles. The SMILES string of the molecule is CCCCc1nnnn1[N+](=O)[O-]. The summed E-state index contributed by atoms with van der Waals surface area (Å²) in [5.74, 6) is 0.307. The van der Waals surface area contributed by atoms with Crippen molar-refractivity contribution in [2.45, 2.75) is 26.2 Å². The molecule has 12 heavy (non-hydrogen) atoms. The van der Waals surface area contributed by atoms with Gasteiger partial charge in [-0.25, -0.2) is 0 Å². The summed E-state index contributed by atoms with van der Waals surface area (Å²) in [7, 11) is 0. The summed E-state index contributed by atoms with van der Waals surface area (Å²) in [6.07, 6.45) is 2.36. The molecule has 1 heterocycles. The second kappa shape index (κ2) is 3.74. The van der Waals surface area contributed by atoms with Crippen LogP contribution in [0.1, 0.15) is 25.6 Å². The summed E-state index contributed by atoms with van der Waals surface area (Å²) in [6.45, 7) is 2.00. The highest BCUT2D eigenvalue weighted by Gasteiger charge is 2.13. The van der Waals surface area contributed by atoms with Crippen molar-refractivity contribution in [3.63, 3.8) is 0 Å². The Morgan fingerprint density at radius 1 is 1.67 bits per heavy atom. The average molecular weight is 171 g/mol. The molecular weight excluding hydrogens is 162 g/mol. The summed E-state index contributed by atoms with van der Waals surface area (Å²) in [6, 6.07) is 0. The normalized spacial score (nSPS) is 10.1. The Hall–Kier alpha value is -1.53. The Labute approximate surface area is 68.5 Å². The lowest BCUT2D eigenvalue weighted by Crippen LogP contribution is -2.14. The van der Waals surface area contributed by atoms with Gasteiger partial charge in [0, 0.05) is 6.42 Å². The molecule has 1 aromatic heterocycles. The van der Waals surface area contributed by atoms with Gasteiger partial charge in [-0.1, -0.05) is 18.4 Å². The number of rotatable bonds is 4. The zero-order valence-corrected chi connectivity index (χ0v) is 6.67. The molecule has 0 N–H and O–H groups in total. The van der Waals surface area contributed by atoms with Gasteiger partial charge in [-0.05, 0) is 6.42 Å². The van der Waals surface area contributed by atoms with Crippen molar-refractivity contribution in [1.82, 2.24) is 20.3 Å². The lowest BCUT2D eigenvalue weighted by Gasteiger charge is -1.94. The maximum absolute atomic E-state index is 10.3. The van der Waals surface area contributed by atoms with Crippen molar-refractivity contribution < 1.29 is 5.03 Å². The molecule has 0 atom stereocenters. The quantitative estimate of drug-likeness (QED) is 0.472. The van der Waals surface area contributed by atoms with E-state index in [9.17, 15) is 10.1 Å². The second-order valence-corrected chi connectivity index (χ2v) is 2.33. The van der Waals surface area contributed by atoms with Gasteiger partial charge in [0.15, 0.2) is 0 Å². The van der Waals surface area contributed by atoms with Gasteiger partial charge in [0.1, 0.15) is 5.21 Å². The first-order valence-electron chi connectivity index (χ1n) is 3.67. The number of aromatic nitrogens is 4. The van der Waals surface area contributed by atoms with Crippen molar-refractivity contribution >= 4 is 0 Å². The highest BCUT2D eigenvalue weighted by atomic mass is 16.7. The van der Waals surface area contributed by atoms with Crippen LogP contribution in [-0.4, -0.2) is 25.3 Å². The van der Waals surface area contributed by atoms with E-state index in [1.807, 2.05) is 6.92 Å². The molecule has 0 fully saturated rings. The van der Waals surface area contributed by atoms with Crippen LogP contribution in [0.4, 0.5) is 0 Å². The van der Waals surface area contributed by atoms with E-state index < -0.39 is 5.03 Å². The van der Waals surface area contributed by atoms with Gasteiger partial charge in [-0.2, -0.15) is 0 Å². The van der Waals surface area contributed by atoms with Gasteiger partial charge in [0.25, 0.3) is 0 Å². The molecule has 0 amide bonds. The lowest BCUT2D eigenvalue weighted by molar-refractivity contribution is -0.555. The van der Waals surface area contributed by atoms with Crippen LogP contribution in [-0.2, 0) is 6.42 Å². The molecule has 0 unspecified atom stereocenters. The smallest absolute Gasteiger partial charge is 0.225 e. The average Bonchev–Trinajstić information content (AvgIpc) is 2.48. The van der Waals surface area contributed by atoms with E-state index in [0.717, 1.165) is 12.8 Å². The Kier molecular flexibility index (Phi) is 2.67. The van der Waals surface area contributed by atoms with Crippen molar-refractivity contribution in [3.05, 3.63) is 15.9 Å². The molecule has 0 saturated heterocycles. The van der Waals surface area contributed by atoms with E-state index in [0.29, 0.717) is 17.0 Å². The van der Waals surface area contributed by atoms with E-state index in [-0.39, 0.29) is 0 Å². The lowest BCUT2D eigenvalue weighted by atomic mass is 10.2. The predicted molar refractivity (Wildman–Crippen MR) is 38.8 cm³/mol. The first-order valence-corrected chi connectivity index (χ1v) is 3.67. The molecule has 7 nitrogen and oxygen atoms in total. The van der Waals surface area contributed by atoms with E-state index in [2.05, 4.69) is 15.5 Å². The van der Waals surface area contributed by atoms with Gasteiger partial charge in [-0.3, -0.25) is 0 Å². The number of aryl methyl sites for hydroxylation is 1. The van der Waals surface area contributed by atoms with E-state index in [1.165, 1.54) is 0 Å². The zero-order chi connectivity index (χ0) is 8.97. The molecule has 0 aliphatic carbocycles. The van der Waals surface area contributed by atoms with Crippen LogP contribution in [0.3, 0.4) is 0 Å². The minimum atomic E-state index is -0.634. The molecule has 7 heteroatoms. The maximum Gasteiger partial charge on any atom is 0.225 e. The van der Waals surface area contributed by atoms with Gasteiger partial charge in [0.2, 0.25) is 11.0 Å². The standard InChI is InChI=1S/C5H9N5O2/c1-2-3-4-5-6-7-8-9(5)10(11)12/h2-4H2,1H3. The number of tetrazole rings is 1. The molecule has 0 bridgehead atoms. The first-order chi connectivity index (χ1) is 5.75. The van der Waals surface area contributed by atoms with Gasteiger partial charge < -0.3 is 10.1 Å². The molecule has 1 aromatic rings. The summed E-state index contributed by atoms with van der Waals surface area (Å²) in [5.41, 5.74) is 0. The summed E-state index contributed by atoms with van der Waals surface area (Å²) < 4.78 is 0. The van der Waals surface area contributed by atoms with Crippen molar-refractivity contribution in [2.24, 2.45) is 0 Å². The summed E-state index contributed by atoms with van der Waals surface area (Å²) in [4.78, 5) is 10.9. The molecule has 0 radical (unpaired) electrons. The van der Waals surface area contributed by atoms with Gasteiger partial charge in [0.05, 0.1) is 9.82 Å². The number of hydrogen-bond acceptors (Lipinski definition) is 5. The fourth-order valence-corrected chi connectivity index (χ4v) is 0.813. The van der Waals surface area contributed by atoms with Crippen LogP contribution in [0.15, 0.2) is 0 Å². The van der Waals surface area contributed by atoms with Crippen molar-refractivity contribution in [3.8, 4) is 0 Å². The van der Waals surface area contributed by atoms with Crippen LogP contribution < -0.4 is 0 Å². The predicted octanol–water partition coefficient (Wildman–Crippen LogP) is 0.0555. The van der Waals surface area contributed by atoms with E-state index >= 15 is 0 Å². The molecule has 0 aliphatic rings. The Morgan fingerprint density at radius 2 is 2.42 bits per heavy atom. The number of unbranched alkanes of at least 4 members (excludes halogenated alkanes) is 1. The largest absolute Gasteiger partial charge is 0.339 e. The van der Waals surface area contributed by atoms with Gasteiger partial charge >= 0.3 is 0 Å². The monoisotopic (exact) mass is 171 g/mol. The molecule has 66 valence electrons. The fourth-order valence-electron chi connectivity index (χ4n) is 0.813. The van der Waals surface area contributed by atoms with Crippen molar-refractivity contribution in [1.29, 1.82) is 0 Å². The minimum Gasteiger partial charge on any atom is -0.339 e. The second-order valence-electron chi connectivity index (χ2n) is 2.33. The van der Waals surface area contributed by atoms with E-state index in [4.69, 9.17) is 0 Å². The fraction of sp³-hybridized carbons (Fsp3) is 0.800. The molecular formula is C5H9N5O2. The zero-order valence-electron chi connectivity index (χ0n) is 6.67. The van der Waals surface area contributed by atoms with Crippen LogP contribution in [0.5, 0.6) is 0 Å². The van der Waals surface area contributed by atoms with Crippen LogP contribution in [0.2, 0.25) is 0 Å². The van der Waals surface area contributed by atoms with Crippen LogP contribution >= 0.6 is 0 Å². The molecule has 0 spiro atoms. The third-order valence-electron chi connectivity index (χ3n) is 1.42. The van der Waals surface area contributed by atoms with E-state index in [1.54, 1.807) is 0 Å². The number of nitrogens with zero attached hydrogens (tertiary/aromatic N) is 5.